The number of hydrogen-bond donors (Lipinski definition) is 3. The Kier molecular flexibility index (Phi) is 4.59. The minimum absolute atomic E-state index is 0.0842. The molecule has 0 unspecified atom stereocenters. The Balaban J connectivity index is 2.92. The number of oxime groups is 1. The predicted octanol–water partition coefficient (Wildman–Crippen LogP) is 2.36. The van der Waals surface area contributed by atoms with Gasteiger partial charge in [0.05, 0.1) is 10.6 Å². The van der Waals surface area contributed by atoms with Gasteiger partial charge in [0.1, 0.15) is 0 Å². The molecule has 0 aliphatic carbocycles. The largest absolute Gasteiger partial charge is 0.409 e. The highest BCUT2D eigenvalue weighted by molar-refractivity contribution is 9.10. The number of rotatable bonds is 3. The topological polar surface area (TPSA) is 87.7 Å². The minimum atomic E-state index is -0.953. The van der Waals surface area contributed by atoms with Crippen molar-refractivity contribution in [3.63, 3.8) is 0 Å². The molecule has 5 nitrogen and oxygen atoms in total. The SMILES string of the molecule is CC(C)(NC(=O)c1ccc(Br)c(Cl)c1)/C(N)=N/O. The number of amides is 1. The molecule has 0 radical (unpaired) electrons. The van der Waals surface area contributed by atoms with E-state index in [1.54, 1.807) is 26.0 Å². The fourth-order valence-corrected chi connectivity index (χ4v) is 1.61. The smallest absolute Gasteiger partial charge is 0.252 e. The first kappa shape index (κ1) is 14.8. The normalized spacial score (nSPS) is 12.3. The van der Waals surface area contributed by atoms with E-state index in [0.29, 0.717) is 15.1 Å². The van der Waals surface area contributed by atoms with Crippen molar-refractivity contribution in [1.29, 1.82) is 0 Å². The molecule has 4 N–H and O–H groups in total. The predicted molar refractivity (Wildman–Crippen MR) is 74.1 cm³/mol. The highest BCUT2D eigenvalue weighted by Gasteiger charge is 2.26. The van der Waals surface area contributed by atoms with Crippen molar-refractivity contribution in [2.24, 2.45) is 10.9 Å². The van der Waals surface area contributed by atoms with Crippen molar-refractivity contribution in [2.45, 2.75) is 19.4 Å². The van der Waals surface area contributed by atoms with E-state index in [2.05, 4.69) is 26.4 Å². The van der Waals surface area contributed by atoms with Crippen LogP contribution in [0, 0.1) is 0 Å². The molecule has 1 rings (SSSR count). The monoisotopic (exact) mass is 333 g/mol. The van der Waals surface area contributed by atoms with Gasteiger partial charge < -0.3 is 16.3 Å². The van der Waals surface area contributed by atoms with E-state index in [1.807, 2.05) is 0 Å². The van der Waals surface area contributed by atoms with Crippen LogP contribution in [0.1, 0.15) is 24.2 Å². The fraction of sp³-hybridized carbons (Fsp3) is 0.273. The molecule has 18 heavy (non-hydrogen) atoms. The summed E-state index contributed by atoms with van der Waals surface area (Å²) >= 11 is 9.14. The van der Waals surface area contributed by atoms with Crippen LogP contribution in [-0.2, 0) is 0 Å². The van der Waals surface area contributed by atoms with Crippen LogP contribution >= 0.6 is 27.5 Å². The molecular formula is C11H13BrClN3O2. The second kappa shape index (κ2) is 5.58. The summed E-state index contributed by atoms with van der Waals surface area (Å²) in [6.45, 7) is 3.25. The fourth-order valence-electron chi connectivity index (χ4n) is 1.18. The molecule has 0 aromatic heterocycles. The van der Waals surface area contributed by atoms with Crippen LogP contribution in [0.2, 0.25) is 5.02 Å². The van der Waals surface area contributed by atoms with Gasteiger partial charge in [-0.3, -0.25) is 4.79 Å². The zero-order chi connectivity index (χ0) is 13.9. The number of carbonyl (C=O) groups excluding carboxylic acids is 1. The lowest BCUT2D eigenvalue weighted by molar-refractivity contribution is 0.0931. The van der Waals surface area contributed by atoms with Crippen molar-refractivity contribution in [1.82, 2.24) is 5.32 Å². The van der Waals surface area contributed by atoms with Gasteiger partial charge in [0.25, 0.3) is 5.91 Å². The number of hydrogen-bond acceptors (Lipinski definition) is 3. The van der Waals surface area contributed by atoms with E-state index in [-0.39, 0.29) is 11.7 Å². The minimum Gasteiger partial charge on any atom is -0.409 e. The van der Waals surface area contributed by atoms with Gasteiger partial charge in [-0.15, -0.1) is 0 Å². The quantitative estimate of drug-likeness (QED) is 0.343. The highest BCUT2D eigenvalue weighted by atomic mass is 79.9. The van der Waals surface area contributed by atoms with Gasteiger partial charge in [0.15, 0.2) is 5.84 Å². The Hall–Kier alpha value is -1.27. The van der Waals surface area contributed by atoms with Crippen LogP contribution in [0.5, 0.6) is 0 Å². The van der Waals surface area contributed by atoms with Gasteiger partial charge in [-0.05, 0) is 48.0 Å². The maximum absolute atomic E-state index is 12.0. The number of benzene rings is 1. The van der Waals surface area contributed by atoms with Crippen LogP contribution in [0.25, 0.3) is 0 Å². The lowest BCUT2D eigenvalue weighted by Gasteiger charge is -2.24. The Bertz CT molecular complexity index is 503. The van der Waals surface area contributed by atoms with Gasteiger partial charge in [-0.25, -0.2) is 0 Å². The molecule has 1 aromatic carbocycles. The lowest BCUT2D eigenvalue weighted by atomic mass is 10.0. The Labute approximate surface area is 118 Å². The molecule has 0 aliphatic heterocycles. The van der Waals surface area contributed by atoms with Gasteiger partial charge >= 0.3 is 0 Å². The van der Waals surface area contributed by atoms with Crippen LogP contribution in [0.15, 0.2) is 27.8 Å². The van der Waals surface area contributed by atoms with Crippen molar-refractivity contribution in [3.8, 4) is 0 Å². The number of carbonyl (C=O) groups is 1. The summed E-state index contributed by atoms with van der Waals surface area (Å²) in [7, 11) is 0. The van der Waals surface area contributed by atoms with E-state index in [9.17, 15) is 4.79 Å². The van der Waals surface area contributed by atoms with Crippen LogP contribution in [0.4, 0.5) is 0 Å². The maximum Gasteiger partial charge on any atom is 0.252 e. The van der Waals surface area contributed by atoms with E-state index in [1.165, 1.54) is 6.07 Å². The zero-order valence-corrected chi connectivity index (χ0v) is 12.2. The second-order valence-electron chi connectivity index (χ2n) is 4.19. The molecule has 0 spiro atoms. The summed E-state index contributed by atoms with van der Waals surface area (Å²) in [5.41, 5.74) is 4.92. The zero-order valence-electron chi connectivity index (χ0n) is 9.87. The third-order valence-electron chi connectivity index (χ3n) is 2.36. The van der Waals surface area contributed by atoms with E-state index in [0.717, 1.165) is 0 Å². The number of nitrogens with one attached hydrogen (secondary N) is 1. The number of nitrogens with zero attached hydrogens (tertiary/aromatic N) is 1. The summed E-state index contributed by atoms with van der Waals surface area (Å²) in [5.74, 6) is -0.444. The summed E-state index contributed by atoms with van der Waals surface area (Å²) in [6.07, 6.45) is 0. The molecular weight excluding hydrogens is 321 g/mol. The van der Waals surface area contributed by atoms with Crippen LogP contribution in [-0.4, -0.2) is 22.5 Å². The average molecular weight is 335 g/mol. The van der Waals surface area contributed by atoms with Crippen molar-refractivity contribution < 1.29 is 10.0 Å². The molecule has 98 valence electrons. The molecule has 1 aromatic rings. The molecule has 1 amide bonds. The highest BCUT2D eigenvalue weighted by Crippen LogP contribution is 2.23. The van der Waals surface area contributed by atoms with Gasteiger partial charge in [0.2, 0.25) is 0 Å². The first-order chi connectivity index (χ1) is 8.27. The first-order valence-electron chi connectivity index (χ1n) is 5.03. The number of halogens is 2. The maximum atomic E-state index is 12.0. The number of amidine groups is 1. The summed E-state index contributed by atoms with van der Waals surface area (Å²) in [6, 6.07) is 4.82. The van der Waals surface area contributed by atoms with E-state index in [4.69, 9.17) is 22.5 Å². The molecule has 0 saturated heterocycles. The third kappa shape index (κ3) is 3.36. The molecule has 0 heterocycles. The third-order valence-corrected chi connectivity index (χ3v) is 3.59. The van der Waals surface area contributed by atoms with Crippen molar-refractivity contribution in [3.05, 3.63) is 33.3 Å². The summed E-state index contributed by atoms with van der Waals surface area (Å²) in [4.78, 5) is 12.0. The standard InChI is InChI=1S/C11H13BrClN3O2/c1-11(2,10(14)16-18)15-9(17)6-3-4-7(12)8(13)5-6/h3-5,18H,1-2H3,(H2,14,16)(H,15,17). The van der Waals surface area contributed by atoms with Crippen molar-refractivity contribution >= 4 is 39.3 Å². The summed E-state index contributed by atoms with van der Waals surface area (Å²) < 4.78 is 0.705. The van der Waals surface area contributed by atoms with Crippen LogP contribution < -0.4 is 11.1 Å². The summed E-state index contributed by atoms with van der Waals surface area (Å²) in [5, 5.41) is 14.6. The average Bonchev–Trinajstić information content (AvgIpc) is 2.30. The van der Waals surface area contributed by atoms with Gasteiger partial charge in [-0.2, -0.15) is 0 Å². The lowest BCUT2D eigenvalue weighted by Crippen LogP contribution is -2.53. The van der Waals surface area contributed by atoms with E-state index >= 15 is 0 Å². The van der Waals surface area contributed by atoms with Crippen LogP contribution in [0.3, 0.4) is 0 Å². The first-order valence-corrected chi connectivity index (χ1v) is 6.20. The Morgan fingerprint density at radius 1 is 1.56 bits per heavy atom. The molecule has 7 heteroatoms. The Morgan fingerprint density at radius 3 is 2.67 bits per heavy atom. The van der Waals surface area contributed by atoms with Crippen molar-refractivity contribution in [2.75, 3.05) is 0 Å². The second-order valence-corrected chi connectivity index (χ2v) is 5.45. The molecule has 0 atom stereocenters. The van der Waals surface area contributed by atoms with Gasteiger partial charge in [-0.1, -0.05) is 16.8 Å². The molecule has 0 aliphatic rings. The molecule has 0 bridgehead atoms. The molecule has 0 fully saturated rings. The van der Waals surface area contributed by atoms with Gasteiger partial charge in [0, 0.05) is 10.0 Å². The molecule has 0 saturated carbocycles. The Morgan fingerprint density at radius 2 is 2.17 bits per heavy atom. The van der Waals surface area contributed by atoms with E-state index < -0.39 is 5.54 Å². The number of nitrogens with two attached hydrogens (primary N) is 1.